The summed E-state index contributed by atoms with van der Waals surface area (Å²) in [6, 6.07) is 4.52. The van der Waals surface area contributed by atoms with Gasteiger partial charge in [-0.3, -0.25) is 19.0 Å². The number of hydrogen-bond acceptors (Lipinski definition) is 5. The van der Waals surface area contributed by atoms with E-state index in [-0.39, 0.29) is 29.2 Å². The first-order chi connectivity index (χ1) is 12.5. The van der Waals surface area contributed by atoms with E-state index in [1.807, 2.05) is 11.4 Å². The second kappa shape index (κ2) is 6.68. The largest absolute Gasteiger partial charge is 0.349 e. The molecule has 2 aromatic heterocycles. The van der Waals surface area contributed by atoms with Crippen LogP contribution in [0, 0.1) is 5.92 Å². The Morgan fingerprint density at radius 3 is 2.92 bits per heavy atom. The molecule has 0 saturated carbocycles. The van der Waals surface area contributed by atoms with E-state index in [1.54, 1.807) is 28.0 Å². The Morgan fingerprint density at radius 2 is 2.19 bits per heavy atom. The third-order valence-electron chi connectivity index (χ3n) is 5.29. The normalized spacial score (nSPS) is 24.0. The number of amides is 2. The van der Waals surface area contributed by atoms with Crippen LogP contribution in [0.2, 0.25) is 0 Å². The number of fused-ring (bicyclic) bond motifs is 4. The second-order valence-corrected chi connectivity index (χ2v) is 7.64. The van der Waals surface area contributed by atoms with Crippen molar-refractivity contribution in [3.05, 3.63) is 50.8 Å². The van der Waals surface area contributed by atoms with Crippen molar-refractivity contribution < 1.29 is 9.59 Å². The van der Waals surface area contributed by atoms with Crippen LogP contribution in [0.3, 0.4) is 0 Å². The number of likely N-dealkylation sites (tertiary alicyclic amines) is 1. The van der Waals surface area contributed by atoms with E-state index < -0.39 is 6.04 Å². The van der Waals surface area contributed by atoms with Crippen molar-refractivity contribution in [2.24, 2.45) is 5.92 Å². The highest BCUT2D eigenvalue weighted by Gasteiger charge is 2.44. The zero-order valence-corrected chi connectivity index (χ0v) is 15.2. The van der Waals surface area contributed by atoms with Crippen molar-refractivity contribution in [2.75, 3.05) is 13.1 Å². The Balaban J connectivity index is 1.67. The van der Waals surface area contributed by atoms with Gasteiger partial charge in [0, 0.05) is 49.0 Å². The average molecular weight is 372 g/mol. The highest BCUT2D eigenvalue weighted by atomic mass is 32.1. The number of pyridine rings is 1. The number of hydrogen-bond donors (Lipinski definition) is 1. The van der Waals surface area contributed by atoms with Crippen LogP contribution in [0.25, 0.3) is 0 Å². The molecule has 4 rings (SSSR count). The van der Waals surface area contributed by atoms with Gasteiger partial charge in [-0.1, -0.05) is 6.07 Å². The summed E-state index contributed by atoms with van der Waals surface area (Å²) in [4.78, 5) is 43.4. The van der Waals surface area contributed by atoms with Crippen LogP contribution in [0.1, 0.15) is 36.7 Å². The fourth-order valence-corrected chi connectivity index (χ4v) is 4.69. The number of nitrogens with one attached hydrogen (secondary N) is 1. The van der Waals surface area contributed by atoms with Gasteiger partial charge in [0.15, 0.2) is 0 Å². The van der Waals surface area contributed by atoms with Gasteiger partial charge in [0.2, 0.25) is 11.8 Å². The van der Waals surface area contributed by atoms with Gasteiger partial charge in [-0.15, -0.1) is 11.3 Å². The molecule has 1 fully saturated rings. The Labute approximate surface area is 154 Å². The Bertz CT molecular complexity index is 892. The first-order valence-corrected chi connectivity index (χ1v) is 9.60. The zero-order chi connectivity index (χ0) is 18.3. The molecule has 26 heavy (non-hydrogen) atoms. The maximum absolute atomic E-state index is 13.0. The summed E-state index contributed by atoms with van der Waals surface area (Å²) >= 11 is 1.47. The molecule has 2 aliphatic rings. The third-order valence-corrected chi connectivity index (χ3v) is 5.92. The SMILES string of the molecule is CC(=O)N1C[C@H]2C[C@@H](C1)[C@H](C(=O)NCc1cscn1)n1c2cccc1=O. The molecule has 2 bridgehead atoms. The zero-order valence-electron chi connectivity index (χ0n) is 14.4. The van der Waals surface area contributed by atoms with E-state index in [4.69, 9.17) is 0 Å². The van der Waals surface area contributed by atoms with Crippen molar-refractivity contribution in [1.29, 1.82) is 0 Å². The predicted octanol–water partition coefficient (Wildman–Crippen LogP) is 1.13. The number of piperidine rings is 1. The van der Waals surface area contributed by atoms with Gasteiger partial charge in [0.05, 0.1) is 17.7 Å². The van der Waals surface area contributed by atoms with Crippen molar-refractivity contribution >= 4 is 23.2 Å². The van der Waals surface area contributed by atoms with E-state index in [2.05, 4.69) is 10.3 Å². The fourth-order valence-electron chi connectivity index (χ4n) is 4.13. The fraction of sp³-hybridized carbons (Fsp3) is 0.444. The first kappa shape index (κ1) is 17.0. The molecule has 1 N–H and O–H groups in total. The standard InChI is InChI=1S/C18H20N4O3S/c1-11(23)21-7-12-5-13(8-21)17(22-15(12)3-2-4-16(22)24)18(25)19-6-14-9-26-10-20-14/h2-4,9-10,12-13,17H,5-8H2,1H3,(H,19,25)/t12-,13+,17-/m1/s1. The molecule has 0 aliphatic carbocycles. The summed E-state index contributed by atoms with van der Waals surface area (Å²) in [5.74, 6) is -0.163. The predicted molar refractivity (Wildman–Crippen MR) is 96.8 cm³/mol. The lowest BCUT2D eigenvalue weighted by atomic mass is 9.78. The lowest BCUT2D eigenvalue weighted by molar-refractivity contribution is -0.135. The number of rotatable bonds is 3. The van der Waals surface area contributed by atoms with Crippen molar-refractivity contribution in [3.8, 4) is 0 Å². The molecule has 3 atom stereocenters. The van der Waals surface area contributed by atoms with Crippen molar-refractivity contribution in [1.82, 2.24) is 19.8 Å². The van der Waals surface area contributed by atoms with E-state index in [0.29, 0.717) is 19.6 Å². The maximum Gasteiger partial charge on any atom is 0.251 e. The van der Waals surface area contributed by atoms with Crippen molar-refractivity contribution in [2.45, 2.75) is 31.8 Å². The van der Waals surface area contributed by atoms with E-state index >= 15 is 0 Å². The summed E-state index contributed by atoms with van der Waals surface area (Å²) in [5.41, 5.74) is 3.20. The second-order valence-electron chi connectivity index (χ2n) is 6.92. The maximum atomic E-state index is 13.0. The van der Waals surface area contributed by atoms with E-state index in [9.17, 15) is 14.4 Å². The Hall–Kier alpha value is -2.48. The number of carbonyl (C=O) groups is 2. The topological polar surface area (TPSA) is 84.3 Å². The molecule has 4 heterocycles. The number of carbonyl (C=O) groups excluding carboxylic acids is 2. The van der Waals surface area contributed by atoms with Crippen molar-refractivity contribution in [3.63, 3.8) is 0 Å². The minimum Gasteiger partial charge on any atom is -0.349 e. The van der Waals surface area contributed by atoms with Gasteiger partial charge in [-0.25, -0.2) is 4.98 Å². The molecule has 136 valence electrons. The van der Waals surface area contributed by atoms with Gasteiger partial charge >= 0.3 is 0 Å². The molecule has 2 aromatic rings. The highest BCUT2D eigenvalue weighted by molar-refractivity contribution is 7.07. The quantitative estimate of drug-likeness (QED) is 0.875. The molecule has 2 amide bonds. The van der Waals surface area contributed by atoms with Crippen LogP contribution < -0.4 is 10.9 Å². The molecular formula is C18H20N4O3S. The van der Waals surface area contributed by atoms with Crippen LogP contribution >= 0.6 is 11.3 Å². The van der Waals surface area contributed by atoms with Gasteiger partial charge in [-0.05, 0) is 12.5 Å². The third kappa shape index (κ3) is 2.94. The molecule has 0 aromatic carbocycles. The van der Waals surface area contributed by atoms with E-state index in [1.165, 1.54) is 17.4 Å². The summed E-state index contributed by atoms with van der Waals surface area (Å²) < 4.78 is 1.63. The van der Waals surface area contributed by atoms with Crippen LogP contribution in [-0.4, -0.2) is 39.4 Å². The van der Waals surface area contributed by atoms with Crippen LogP contribution in [0.15, 0.2) is 33.9 Å². The Kier molecular flexibility index (Phi) is 4.36. The summed E-state index contributed by atoms with van der Waals surface area (Å²) in [6.07, 6.45) is 0.808. The Morgan fingerprint density at radius 1 is 1.35 bits per heavy atom. The number of aromatic nitrogens is 2. The van der Waals surface area contributed by atoms with Crippen LogP contribution in [0.5, 0.6) is 0 Å². The molecule has 7 nitrogen and oxygen atoms in total. The molecular weight excluding hydrogens is 352 g/mol. The van der Waals surface area contributed by atoms with Crippen LogP contribution in [-0.2, 0) is 16.1 Å². The minimum atomic E-state index is -0.601. The summed E-state index contributed by atoms with van der Waals surface area (Å²) in [7, 11) is 0. The number of thiazole rings is 1. The molecule has 0 radical (unpaired) electrons. The molecule has 1 saturated heterocycles. The summed E-state index contributed by atoms with van der Waals surface area (Å²) in [6.45, 7) is 2.99. The lowest BCUT2D eigenvalue weighted by Crippen LogP contribution is -2.54. The van der Waals surface area contributed by atoms with Gasteiger partial charge < -0.3 is 10.2 Å². The number of nitrogens with zero attached hydrogens (tertiary/aromatic N) is 3. The van der Waals surface area contributed by atoms with Crippen LogP contribution in [0.4, 0.5) is 0 Å². The molecule has 0 unspecified atom stereocenters. The monoisotopic (exact) mass is 372 g/mol. The van der Waals surface area contributed by atoms with E-state index in [0.717, 1.165) is 17.8 Å². The average Bonchev–Trinajstić information content (AvgIpc) is 3.14. The van der Waals surface area contributed by atoms with Gasteiger partial charge in [0.25, 0.3) is 5.56 Å². The minimum absolute atomic E-state index is 0.00746. The molecule has 0 spiro atoms. The smallest absolute Gasteiger partial charge is 0.251 e. The first-order valence-electron chi connectivity index (χ1n) is 8.66. The van der Waals surface area contributed by atoms with Gasteiger partial charge in [0.1, 0.15) is 6.04 Å². The summed E-state index contributed by atoms with van der Waals surface area (Å²) in [5, 5.41) is 4.80. The lowest BCUT2D eigenvalue weighted by Gasteiger charge is -2.46. The van der Waals surface area contributed by atoms with Gasteiger partial charge in [-0.2, -0.15) is 0 Å². The molecule has 2 aliphatic heterocycles. The molecule has 8 heteroatoms. The highest BCUT2D eigenvalue weighted by Crippen LogP contribution is 2.41.